The first kappa shape index (κ1) is 26.2. The Balaban J connectivity index is 1.66. The minimum absolute atomic E-state index is 0.201. The Morgan fingerprint density at radius 1 is 1.06 bits per heavy atom. The summed E-state index contributed by atoms with van der Waals surface area (Å²) in [7, 11) is 1.62. The van der Waals surface area contributed by atoms with Gasteiger partial charge in [0.15, 0.2) is 5.82 Å². The normalized spacial score (nSPS) is 10.7. The van der Waals surface area contributed by atoms with Crippen molar-refractivity contribution in [3.05, 3.63) is 76.7 Å². The maximum absolute atomic E-state index is 12.9. The van der Waals surface area contributed by atoms with Crippen molar-refractivity contribution in [1.82, 2.24) is 14.9 Å². The molecule has 3 N–H and O–H groups in total. The summed E-state index contributed by atoms with van der Waals surface area (Å²) < 4.78 is 12.1. The molecular weight excluding hydrogens is 470 g/mol. The Hall–Kier alpha value is -3.40. The van der Waals surface area contributed by atoms with E-state index in [-0.39, 0.29) is 17.5 Å². The third-order valence-corrected chi connectivity index (χ3v) is 5.27. The van der Waals surface area contributed by atoms with Crippen LogP contribution in [0.3, 0.4) is 0 Å². The summed E-state index contributed by atoms with van der Waals surface area (Å²) in [5.41, 5.74) is 2.45. The molecule has 3 amide bonds. The lowest BCUT2D eigenvalue weighted by Gasteiger charge is -2.09. The van der Waals surface area contributed by atoms with Crippen LogP contribution in [-0.2, 0) is 16.0 Å². The molecule has 0 atom stereocenters. The number of anilines is 2. The van der Waals surface area contributed by atoms with E-state index >= 15 is 0 Å². The Bertz CT molecular complexity index is 1120. The largest absolute Gasteiger partial charge is 0.382 e. The first-order valence-electron chi connectivity index (χ1n) is 11.3. The Kier molecular flexibility index (Phi) is 10.1. The zero-order chi connectivity index (χ0) is 25.0. The summed E-state index contributed by atoms with van der Waals surface area (Å²) in [6.45, 7) is 4.27. The van der Waals surface area contributed by atoms with E-state index in [9.17, 15) is 9.59 Å². The monoisotopic (exact) mass is 499 g/mol. The highest BCUT2D eigenvalue weighted by atomic mass is 35.5. The fraction of sp³-hybridized carbons (Fsp3) is 0.320. The van der Waals surface area contributed by atoms with Gasteiger partial charge in [-0.1, -0.05) is 41.9 Å². The predicted molar refractivity (Wildman–Crippen MR) is 136 cm³/mol. The number of aryl methyl sites for hydroxylation is 1. The summed E-state index contributed by atoms with van der Waals surface area (Å²) in [4.78, 5) is 29.8. The predicted octanol–water partition coefficient (Wildman–Crippen LogP) is 4.32. The van der Waals surface area contributed by atoms with Gasteiger partial charge in [-0.05, 0) is 42.7 Å². The Morgan fingerprint density at radius 2 is 1.86 bits per heavy atom. The smallest absolute Gasteiger partial charge is 0.324 e. The molecule has 3 rings (SSSR count). The quantitative estimate of drug-likeness (QED) is 0.322. The van der Waals surface area contributed by atoms with Crippen LogP contribution < -0.4 is 16.0 Å². The molecular formula is C25H30ClN5O4. The van der Waals surface area contributed by atoms with Crippen molar-refractivity contribution in [2.45, 2.75) is 19.9 Å². The van der Waals surface area contributed by atoms with E-state index in [2.05, 4.69) is 20.9 Å². The number of methoxy groups -OCH3 is 1. The molecule has 0 aliphatic rings. The molecule has 0 aliphatic carbocycles. The average molecular weight is 500 g/mol. The number of amides is 3. The average Bonchev–Trinajstić information content (AvgIpc) is 3.22. The van der Waals surface area contributed by atoms with E-state index in [4.69, 9.17) is 21.1 Å². The second kappa shape index (κ2) is 13.5. The van der Waals surface area contributed by atoms with E-state index in [1.807, 2.05) is 37.3 Å². The highest BCUT2D eigenvalue weighted by molar-refractivity contribution is 6.30. The second-order valence-electron chi connectivity index (χ2n) is 7.82. The number of hydrogen-bond acceptors (Lipinski definition) is 5. The third kappa shape index (κ3) is 8.40. The first-order chi connectivity index (χ1) is 17.0. The molecule has 0 saturated carbocycles. The molecule has 0 aliphatic heterocycles. The van der Waals surface area contributed by atoms with Gasteiger partial charge in [-0.25, -0.2) is 9.78 Å². The van der Waals surface area contributed by atoms with Crippen molar-refractivity contribution in [3.8, 4) is 0 Å². The van der Waals surface area contributed by atoms with Crippen LogP contribution >= 0.6 is 11.6 Å². The molecule has 0 bridgehead atoms. The van der Waals surface area contributed by atoms with Crippen molar-refractivity contribution < 1.29 is 19.1 Å². The fourth-order valence-electron chi connectivity index (χ4n) is 3.29. The highest BCUT2D eigenvalue weighted by Crippen LogP contribution is 2.20. The molecule has 1 heterocycles. The molecule has 35 heavy (non-hydrogen) atoms. The molecule has 2 aromatic carbocycles. The van der Waals surface area contributed by atoms with Crippen molar-refractivity contribution in [3.63, 3.8) is 0 Å². The molecule has 10 heteroatoms. The fourth-order valence-corrected chi connectivity index (χ4v) is 3.52. The van der Waals surface area contributed by atoms with Gasteiger partial charge in [0, 0.05) is 43.7 Å². The van der Waals surface area contributed by atoms with Gasteiger partial charge in [0.1, 0.15) is 0 Å². The zero-order valence-corrected chi connectivity index (χ0v) is 20.6. The molecule has 0 unspecified atom stereocenters. The number of carbonyl (C=O) groups excluding carboxylic acids is 2. The van der Waals surface area contributed by atoms with Gasteiger partial charge in [0.05, 0.1) is 13.2 Å². The van der Waals surface area contributed by atoms with Crippen LogP contribution in [0.1, 0.15) is 28.2 Å². The summed E-state index contributed by atoms with van der Waals surface area (Å²) in [6.07, 6.45) is 2.30. The number of hydrogen-bond donors (Lipinski definition) is 3. The van der Waals surface area contributed by atoms with Gasteiger partial charge < -0.3 is 24.7 Å². The standard InChI is InChI=1S/C25H30ClN5O4/c1-18-15-20(26)9-10-21(18)28-25(33)30-22-17-31(16-19-7-4-3-5-8-19)23(29-22)24(32)27-11-6-12-35-14-13-34-2/h3-5,7-10,15,17H,6,11-14,16H2,1-2H3,(H,27,32)(H2,28,30,33). The number of nitrogens with zero attached hydrogens (tertiary/aromatic N) is 2. The lowest BCUT2D eigenvalue weighted by Crippen LogP contribution is -2.28. The maximum Gasteiger partial charge on any atom is 0.324 e. The van der Waals surface area contributed by atoms with Gasteiger partial charge in [0.2, 0.25) is 5.82 Å². The second-order valence-corrected chi connectivity index (χ2v) is 8.25. The van der Waals surface area contributed by atoms with Gasteiger partial charge in [-0.2, -0.15) is 0 Å². The minimum Gasteiger partial charge on any atom is -0.382 e. The van der Waals surface area contributed by atoms with Crippen LogP contribution in [0.15, 0.2) is 54.7 Å². The van der Waals surface area contributed by atoms with E-state index in [0.29, 0.717) is 50.0 Å². The Labute approximate surface area is 209 Å². The van der Waals surface area contributed by atoms with Gasteiger partial charge in [-0.15, -0.1) is 0 Å². The molecule has 0 fully saturated rings. The van der Waals surface area contributed by atoms with Crippen LogP contribution in [0, 0.1) is 6.92 Å². The first-order valence-corrected chi connectivity index (χ1v) is 11.6. The number of benzene rings is 2. The number of rotatable bonds is 12. The third-order valence-electron chi connectivity index (χ3n) is 5.04. The lowest BCUT2D eigenvalue weighted by atomic mass is 10.2. The van der Waals surface area contributed by atoms with Gasteiger partial charge in [-0.3, -0.25) is 10.1 Å². The molecule has 3 aromatic rings. The van der Waals surface area contributed by atoms with E-state index in [0.717, 1.165) is 11.1 Å². The van der Waals surface area contributed by atoms with Crippen molar-refractivity contribution in [2.24, 2.45) is 0 Å². The molecule has 186 valence electrons. The summed E-state index contributed by atoms with van der Waals surface area (Å²) >= 11 is 5.98. The van der Waals surface area contributed by atoms with Crippen LogP contribution in [0.5, 0.6) is 0 Å². The topological polar surface area (TPSA) is 107 Å². The van der Waals surface area contributed by atoms with E-state index < -0.39 is 6.03 Å². The summed E-state index contributed by atoms with van der Waals surface area (Å²) in [5, 5.41) is 8.93. The van der Waals surface area contributed by atoms with Crippen LogP contribution in [-0.4, -0.2) is 55.0 Å². The van der Waals surface area contributed by atoms with Crippen LogP contribution in [0.4, 0.5) is 16.3 Å². The summed E-state index contributed by atoms with van der Waals surface area (Å²) in [6, 6.07) is 14.4. The lowest BCUT2D eigenvalue weighted by molar-refractivity contribution is 0.0687. The minimum atomic E-state index is -0.472. The van der Waals surface area contributed by atoms with Crippen LogP contribution in [0.2, 0.25) is 5.02 Å². The van der Waals surface area contributed by atoms with Gasteiger partial charge >= 0.3 is 6.03 Å². The number of imidazole rings is 1. The Morgan fingerprint density at radius 3 is 2.60 bits per heavy atom. The van der Waals surface area contributed by atoms with E-state index in [1.54, 1.807) is 36.1 Å². The number of aromatic nitrogens is 2. The zero-order valence-electron chi connectivity index (χ0n) is 19.8. The van der Waals surface area contributed by atoms with Gasteiger partial charge in [0.25, 0.3) is 5.91 Å². The van der Waals surface area contributed by atoms with Crippen molar-refractivity contribution >= 4 is 35.0 Å². The number of nitrogens with one attached hydrogen (secondary N) is 3. The maximum atomic E-state index is 12.9. The molecule has 1 aromatic heterocycles. The highest BCUT2D eigenvalue weighted by Gasteiger charge is 2.17. The van der Waals surface area contributed by atoms with Crippen molar-refractivity contribution in [1.29, 1.82) is 0 Å². The van der Waals surface area contributed by atoms with Crippen molar-refractivity contribution in [2.75, 3.05) is 44.1 Å². The number of ether oxygens (including phenoxy) is 2. The molecule has 0 saturated heterocycles. The number of urea groups is 1. The molecule has 9 nitrogen and oxygen atoms in total. The number of halogens is 1. The SMILES string of the molecule is COCCOCCCNC(=O)c1nc(NC(=O)Nc2ccc(Cl)cc2C)cn1Cc1ccccc1. The molecule has 0 spiro atoms. The molecule has 0 radical (unpaired) electrons. The number of carbonyl (C=O) groups is 2. The van der Waals surface area contributed by atoms with E-state index in [1.165, 1.54) is 0 Å². The summed E-state index contributed by atoms with van der Waals surface area (Å²) in [5.74, 6) is 0.130. The van der Waals surface area contributed by atoms with Crippen LogP contribution in [0.25, 0.3) is 0 Å².